The van der Waals surface area contributed by atoms with Gasteiger partial charge in [0, 0.05) is 16.9 Å². The maximum atomic E-state index is 14.1. The van der Waals surface area contributed by atoms with Crippen molar-refractivity contribution in [3.05, 3.63) is 100 Å². The van der Waals surface area contributed by atoms with Crippen molar-refractivity contribution >= 4 is 52.4 Å². The zero-order chi connectivity index (χ0) is 25.1. The van der Waals surface area contributed by atoms with E-state index in [0.717, 1.165) is 6.07 Å². The second-order valence-corrected chi connectivity index (χ2v) is 7.69. The average Bonchev–Trinajstić information content (AvgIpc) is 3.07. The summed E-state index contributed by atoms with van der Waals surface area (Å²) in [6, 6.07) is 17.6. The molecule has 0 bridgehead atoms. The summed E-state index contributed by atoms with van der Waals surface area (Å²) in [5.74, 6) is -3.37. The van der Waals surface area contributed by atoms with E-state index in [0.29, 0.717) is 21.8 Å². The van der Waals surface area contributed by atoms with E-state index in [2.05, 4.69) is 15.4 Å². The summed E-state index contributed by atoms with van der Waals surface area (Å²) in [5, 5.41) is 5.06. The minimum atomic E-state index is -0.852. The Morgan fingerprint density at radius 1 is 0.886 bits per heavy atom. The Morgan fingerprint density at radius 2 is 1.60 bits per heavy atom. The Kier molecular flexibility index (Phi) is 6.61. The molecule has 1 heterocycles. The fourth-order valence-corrected chi connectivity index (χ4v) is 3.57. The molecule has 1 aliphatic rings. The molecule has 3 aromatic carbocycles. The molecule has 8 nitrogen and oxygen atoms in total. The maximum absolute atomic E-state index is 14.1. The SMILES string of the molecule is COC(=O)c1cccc(NC(=O)c2ccc(NC3=C(Cl)C(=O)N(c4ccccc4F)C3=O)cc2)c1. The molecule has 0 atom stereocenters. The number of esters is 1. The first kappa shape index (κ1) is 23.7. The molecule has 0 spiro atoms. The molecule has 176 valence electrons. The molecule has 3 amide bonds. The number of imide groups is 1. The highest BCUT2D eigenvalue weighted by Gasteiger charge is 2.40. The Bertz CT molecular complexity index is 1390. The van der Waals surface area contributed by atoms with Gasteiger partial charge < -0.3 is 15.4 Å². The van der Waals surface area contributed by atoms with Crippen LogP contribution in [0.1, 0.15) is 20.7 Å². The quantitative estimate of drug-likeness (QED) is 0.392. The second-order valence-electron chi connectivity index (χ2n) is 7.31. The van der Waals surface area contributed by atoms with E-state index < -0.39 is 29.5 Å². The molecule has 3 aromatic rings. The number of rotatable bonds is 6. The van der Waals surface area contributed by atoms with Crippen LogP contribution in [0.4, 0.5) is 21.5 Å². The number of nitrogens with one attached hydrogen (secondary N) is 2. The summed E-state index contributed by atoms with van der Waals surface area (Å²) in [7, 11) is 1.26. The van der Waals surface area contributed by atoms with Gasteiger partial charge in [-0.2, -0.15) is 0 Å². The fourth-order valence-electron chi connectivity index (χ4n) is 3.36. The van der Waals surface area contributed by atoms with Gasteiger partial charge in [0.2, 0.25) is 0 Å². The number of para-hydroxylation sites is 1. The van der Waals surface area contributed by atoms with Crippen LogP contribution in [0.15, 0.2) is 83.5 Å². The number of hydrogen-bond donors (Lipinski definition) is 2. The zero-order valence-corrected chi connectivity index (χ0v) is 18.9. The Morgan fingerprint density at radius 3 is 2.29 bits per heavy atom. The summed E-state index contributed by atoms with van der Waals surface area (Å²) in [6.07, 6.45) is 0. The first-order valence-electron chi connectivity index (χ1n) is 10.2. The fraction of sp³-hybridized carbons (Fsp3) is 0.0400. The third kappa shape index (κ3) is 4.75. The highest BCUT2D eigenvalue weighted by molar-refractivity contribution is 6.53. The normalized spacial score (nSPS) is 13.2. The summed E-state index contributed by atoms with van der Waals surface area (Å²) in [4.78, 5) is 50.2. The summed E-state index contributed by atoms with van der Waals surface area (Å²) in [6.45, 7) is 0. The van der Waals surface area contributed by atoms with E-state index in [-0.39, 0.29) is 22.0 Å². The van der Waals surface area contributed by atoms with Gasteiger partial charge in [-0.15, -0.1) is 0 Å². The van der Waals surface area contributed by atoms with Crippen LogP contribution < -0.4 is 15.5 Å². The lowest BCUT2D eigenvalue weighted by molar-refractivity contribution is -0.120. The third-order valence-electron chi connectivity index (χ3n) is 5.08. The van der Waals surface area contributed by atoms with Gasteiger partial charge in [-0.1, -0.05) is 29.8 Å². The molecule has 0 unspecified atom stereocenters. The van der Waals surface area contributed by atoms with Crippen molar-refractivity contribution in [2.45, 2.75) is 0 Å². The lowest BCUT2D eigenvalue weighted by atomic mass is 10.1. The van der Waals surface area contributed by atoms with Crippen molar-refractivity contribution in [2.75, 3.05) is 22.6 Å². The van der Waals surface area contributed by atoms with E-state index in [4.69, 9.17) is 11.6 Å². The van der Waals surface area contributed by atoms with Gasteiger partial charge in [0.25, 0.3) is 17.7 Å². The van der Waals surface area contributed by atoms with Crippen LogP contribution in [0.5, 0.6) is 0 Å². The van der Waals surface area contributed by atoms with Crippen molar-refractivity contribution in [1.29, 1.82) is 0 Å². The minimum Gasteiger partial charge on any atom is -0.465 e. The van der Waals surface area contributed by atoms with Gasteiger partial charge in [0.1, 0.15) is 16.5 Å². The molecular formula is C25H17ClFN3O5. The highest BCUT2D eigenvalue weighted by Crippen LogP contribution is 2.31. The second kappa shape index (κ2) is 9.78. The third-order valence-corrected chi connectivity index (χ3v) is 5.43. The number of carbonyl (C=O) groups is 4. The van der Waals surface area contributed by atoms with Crippen LogP contribution in [0.25, 0.3) is 0 Å². The molecule has 1 aliphatic heterocycles. The average molecular weight is 494 g/mol. The number of benzene rings is 3. The Labute approximate surface area is 203 Å². The summed E-state index contributed by atoms with van der Waals surface area (Å²) in [5.41, 5.74) is 0.938. The lowest BCUT2D eigenvalue weighted by Gasteiger charge is -2.15. The van der Waals surface area contributed by atoms with Gasteiger partial charge in [-0.05, 0) is 54.6 Å². The molecule has 2 N–H and O–H groups in total. The molecule has 10 heteroatoms. The van der Waals surface area contributed by atoms with Gasteiger partial charge in [-0.25, -0.2) is 14.1 Å². The maximum Gasteiger partial charge on any atom is 0.337 e. The van der Waals surface area contributed by atoms with E-state index in [1.165, 1.54) is 55.6 Å². The van der Waals surface area contributed by atoms with Gasteiger partial charge in [0.05, 0.1) is 18.4 Å². The molecule has 0 aliphatic carbocycles. The van der Waals surface area contributed by atoms with Crippen LogP contribution in [-0.4, -0.2) is 30.8 Å². The molecule has 0 saturated carbocycles. The largest absolute Gasteiger partial charge is 0.465 e. The monoisotopic (exact) mass is 493 g/mol. The van der Waals surface area contributed by atoms with E-state index in [1.54, 1.807) is 18.2 Å². The number of hydrogen-bond acceptors (Lipinski definition) is 6. The van der Waals surface area contributed by atoms with E-state index >= 15 is 0 Å². The number of amides is 3. The summed E-state index contributed by atoms with van der Waals surface area (Å²) < 4.78 is 18.8. The van der Waals surface area contributed by atoms with Crippen LogP contribution in [0, 0.1) is 5.82 Å². The van der Waals surface area contributed by atoms with Crippen molar-refractivity contribution in [3.8, 4) is 0 Å². The Balaban J connectivity index is 1.47. The van der Waals surface area contributed by atoms with Crippen molar-refractivity contribution < 1.29 is 28.3 Å². The van der Waals surface area contributed by atoms with Crippen molar-refractivity contribution in [2.24, 2.45) is 0 Å². The highest BCUT2D eigenvalue weighted by atomic mass is 35.5. The van der Waals surface area contributed by atoms with Crippen molar-refractivity contribution in [3.63, 3.8) is 0 Å². The van der Waals surface area contributed by atoms with Gasteiger partial charge in [0.15, 0.2) is 0 Å². The number of anilines is 3. The van der Waals surface area contributed by atoms with E-state index in [9.17, 15) is 23.6 Å². The minimum absolute atomic E-state index is 0.208. The number of halogens is 2. The Hall–Kier alpha value is -4.50. The van der Waals surface area contributed by atoms with Crippen molar-refractivity contribution in [1.82, 2.24) is 0 Å². The molecule has 0 aromatic heterocycles. The molecular weight excluding hydrogens is 477 g/mol. The lowest BCUT2D eigenvalue weighted by Crippen LogP contribution is -2.33. The molecule has 4 rings (SSSR count). The predicted octanol–water partition coefficient (Wildman–Crippen LogP) is 4.30. The number of methoxy groups -OCH3 is 1. The predicted molar refractivity (Wildman–Crippen MR) is 128 cm³/mol. The topological polar surface area (TPSA) is 105 Å². The van der Waals surface area contributed by atoms with Gasteiger partial charge in [-0.3, -0.25) is 14.4 Å². The van der Waals surface area contributed by atoms with Crippen LogP contribution in [-0.2, 0) is 14.3 Å². The van der Waals surface area contributed by atoms with Gasteiger partial charge >= 0.3 is 5.97 Å². The number of carbonyl (C=O) groups excluding carboxylic acids is 4. The molecule has 35 heavy (non-hydrogen) atoms. The number of nitrogens with zero attached hydrogens (tertiary/aromatic N) is 1. The number of ether oxygens (including phenoxy) is 1. The summed E-state index contributed by atoms with van der Waals surface area (Å²) >= 11 is 6.07. The first-order chi connectivity index (χ1) is 16.8. The first-order valence-corrected chi connectivity index (χ1v) is 10.6. The van der Waals surface area contributed by atoms with Crippen LogP contribution in [0.3, 0.4) is 0 Å². The van der Waals surface area contributed by atoms with Crippen LogP contribution in [0.2, 0.25) is 0 Å². The molecule has 0 saturated heterocycles. The zero-order valence-electron chi connectivity index (χ0n) is 18.2. The smallest absolute Gasteiger partial charge is 0.337 e. The standard InChI is InChI=1S/C25H17ClFN3O5/c1-35-25(34)15-5-4-6-17(13-15)29-22(31)14-9-11-16(12-10-14)28-21-20(26)23(32)30(24(21)33)19-8-3-2-7-18(19)27/h2-13,28H,1H3,(H,29,31). The molecule has 0 fully saturated rings. The van der Waals surface area contributed by atoms with E-state index in [1.807, 2.05) is 0 Å². The van der Waals surface area contributed by atoms with Crippen LogP contribution >= 0.6 is 11.6 Å². The molecule has 0 radical (unpaired) electrons.